The maximum Gasteiger partial charge on any atom is -0.000979 e. The van der Waals surface area contributed by atoms with Crippen LogP contribution in [0.25, 0.3) is 0 Å². The van der Waals surface area contributed by atoms with Gasteiger partial charge in [0.15, 0.2) is 0 Å². The highest BCUT2D eigenvalue weighted by Gasteiger charge is 2.72. The lowest BCUT2D eigenvalue weighted by molar-refractivity contribution is 0.0322. The summed E-state index contributed by atoms with van der Waals surface area (Å²) in [5, 5.41) is 3.59. The van der Waals surface area contributed by atoms with Crippen molar-refractivity contribution in [2.24, 2.45) is 27.6 Å². The molecule has 2 aliphatic rings. The van der Waals surface area contributed by atoms with Crippen molar-refractivity contribution in [3.8, 4) is 0 Å². The van der Waals surface area contributed by atoms with Crippen molar-refractivity contribution < 1.29 is 0 Å². The van der Waals surface area contributed by atoms with E-state index >= 15 is 0 Å². The summed E-state index contributed by atoms with van der Waals surface area (Å²) in [6.45, 7) is 19.5. The fourth-order valence-electron chi connectivity index (χ4n) is 5.69. The summed E-state index contributed by atoms with van der Waals surface area (Å²) < 4.78 is 0. The highest BCUT2D eigenvalue weighted by atomic mass is 14.9. The summed E-state index contributed by atoms with van der Waals surface area (Å²) in [6.07, 6.45) is 4.23. The zero-order valence-electron chi connectivity index (χ0n) is 13.6. The van der Waals surface area contributed by atoms with Gasteiger partial charge in [0.05, 0.1) is 0 Å². The number of nitrogens with one attached hydrogen (secondary N) is 1. The molecule has 0 bridgehead atoms. The molecule has 2 aliphatic carbocycles. The molecule has 1 spiro atoms. The van der Waals surface area contributed by atoms with Gasteiger partial charge in [0.2, 0.25) is 0 Å². The zero-order chi connectivity index (χ0) is 13.8. The lowest BCUT2D eigenvalue weighted by Gasteiger charge is -2.47. The van der Waals surface area contributed by atoms with E-state index in [1.165, 1.54) is 25.8 Å². The van der Waals surface area contributed by atoms with Gasteiger partial charge in [-0.15, -0.1) is 0 Å². The van der Waals surface area contributed by atoms with Crippen molar-refractivity contribution in [3.63, 3.8) is 0 Å². The van der Waals surface area contributed by atoms with Crippen LogP contribution < -0.4 is 5.32 Å². The summed E-state index contributed by atoms with van der Waals surface area (Å²) in [6, 6.07) is 0. The molecule has 2 fully saturated rings. The monoisotopic (exact) mass is 251 g/mol. The molecule has 2 rings (SSSR count). The van der Waals surface area contributed by atoms with Crippen LogP contribution >= 0.6 is 0 Å². The lowest BCUT2D eigenvalue weighted by atomic mass is 9.58. The molecule has 1 unspecified atom stereocenters. The van der Waals surface area contributed by atoms with Crippen LogP contribution in [0.2, 0.25) is 0 Å². The van der Waals surface area contributed by atoms with Gasteiger partial charge < -0.3 is 5.32 Å². The molecule has 0 amide bonds. The van der Waals surface area contributed by atoms with Crippen LogP contribution in [0.4, 0.5) is 0 Å². The topological polar surface area (TPSA) is 12.0 Å². The van der Waals surface area contributed by atoms with E-state index in [9.17, 15) is 0 Å². The normalized spacial score (nSPS) is 34.5. The van der Waals surface area contributed by atoms with Crippen molar-refractivity contribution in [1.29, 1.82) is 0 Å². The average molecular weight is 251 g/mol. The van der Waals surface area contributed by atoms with Gasteiger partial charge in [0, 0.05) is 0 Å². The van der Waals surface area contributed by atoms with Gasteiger partial charge in [-0.1, -0.05) is 48.5 Å². The van der Waals surface area contributed by atoms with Gasteiger partial charge in [0.1, 0.15) is 0 Å². The summed E-state index contributed by atoms with van der Waals surface area (Å²) in [5.41, 5.74) is 2.16. The predicted molar refractivity (Wildman–Crippen MR) is 79.7 cm³/mol. The Morgan fingerprint density at radius 1 is 0.889 bits per heavy atom. The molecule has 0 aliphatic heterocycles. The van der Waals surface area contributed by atoms with Crippen LogP contribution in [0, 0.1) is 27.6 Å². The first-order valence-electron chi connectivity index (χ1n) is 7.77. The minimum absolute atomic E-state index is 0.514. The Balaban J connectivity index is 2.21. The molecule has 1 nitrogen and oxygen atoms in total. The molecular formula is C17H33N. The highest BCUT2D eigenvalue weighted by Crippen LogP contribution is 2.78. The number of hydrogen-bond acceptors (Lipinski definition) is 1. The Kier molecular flexibility index (Phi) is 3.17. The van der Waals surface area contributed by atoms with Crippen LogP contribution in [0.15, 0.2) is 0 Å². The van der Waals surface area contributed by atoms with E-state index in [1.807, 2.05) is 0 Å². The summed E-state index contributed by atoms with van der Waals surface area (Å²) in [7, 11) is 0. The lowest BCUT2D eigenvalue weighted by Crippen LogP contribution is -2.37. The van der Waals surface area contributed by atoms with Gasteiger partial charge in [0.25, 0.3) is 0 Å². The Hall–Kier alpha value is -0.0400. The number of rotatable bonds is 3. The molecule has 0 aromatic rings. The molecule has 0 saturated heterocycles. The Labute approximate surface area is 114 Å². The molecule has 0 aromatic carbocycles. The van der Waals surface area contributed by atoms with Crippen LogP contribution in [0.1, 0.15) is 67.7 Å². The Morgan fingerprint density at radius 3 is 1.83 bits per heavy atom. The van der Waals surface area contributed by atoms with E-state index in [4.69, 9.17) is 0 Å². The molecule has 2 saturated carbocycles. The average Bonchev–Trinajstić information content (AvgIpc) is 2.52. The third kappa shape index (κ3) is 2.13. The summed E-state index contributed by atoms with van der Waals surface area (Å²) in [5.74, 6) is 0.879. The quantitative estimate of drug-likeness (QED) is 0.780. The van der Waals surface area contributed by atoms with E-state index < -0.39 is 0 Å². The van der Waals surface area contributed by atoms with Crippen molar-refractivity contribution in [3.05, 3.63) is 0 Å². The van der Waals surface area contributed by atoms with E-state index in [0.717, 1.165) is 12.5 Å². The molecule has 18 heavy (non-hydrogen) atoms. The Bertz CT molecular complexity index is 309. The van der Waals surface area contributed by atoms with Crippen LogP contribution in [0.5, 0.6) is 0 Å². The first kappa shape index (κ1) is 14.4. The molecule has 0 heterocycles. The van der Waals surface area contributed by atoms with Gasteiger partial charge in [-0.05, 0) is 59.9 Å². The summed E-state index contributed by atoms with van der Waals surface area (Å²) in [4.78, 5) is 0. The predicted octanol–water partition coefficient (Wildman–Crippen LogP) is 4.47. The molecule has 0 radical (unpaired) electrons. The smallest absolute Gasteiger partial charge is 0.000979 e. The van der Waals surface area contributed by atoms with Crippen LogP contribution in [0.3, 0.4) is 0 Å². The molecule has 1 atom stereocenters. The first-order valence-corrected chi connectivity index (χ1v) is 7.77. The van der Waals surface area contributed by atoms with E-state index in [2.05, 4.69) is 53.8 Å². The zero-order valence-corrected chi connectivity index (χ0v) is 13.6. The fraction of sp³-hybridized carbons (Fsp3) is 1.00. The molecule has 0 aromatic heterocycles. The molecule has 106 valence electrons. The van der Waals surface area contributed by atoms with Gasteiger partial charge in [-0.2, -0.15) is 0 Å². The Morgan fingerprint density at radius 2 is 1.39 bits per heavy atom. The molecule has 1 N–H and O–H groups in total. The minimum Gasteiger partial charge on any atom is -0.317 e. The highest BCUT2D eigenvalue weighted by molar-refractivity contribution is 5.21. The second-order valence-corrected chi connectivity index (χ2v) is 9.10. The van der Waals surface area contributed by atoms with E-state index in [1.54, 1.807) is 0 Å². The van der Waals surface area contributed by atoms with Gasteiger partial charge in [-0.25, -0.2) is 0 Å². The molecule has 1 heteroatoms. The van der Waals surface area contributed by atoms with E-state index in [0.29, 0.717) is 21.7 Å². The third-order valence-corrected chi connectivity index (χ3v) is 5.88. The maximum absolute atomic E-state index is 3.59. The fourth-order valence-corrected chi connectivity index (χ4v) is 5.69. The largest absolute Gasteiger partial charge is 0.317 e. The first-order chi connectivity index (χ1) is 8.06. The number of hydrogen-bond donors (Lipinski definition) is 1. The van der Waals surface area contributed by atoms with Crippen molar-refractivity contribution >= 4 is 0 Å². The summed E-state index contributed by atoms with van der Waals surface area (Å²) >= 11 is 0. The van der Waals surface area contributed by atoms with Crippen molar-refractivity contribution in [2.45, 2.75) is 67.7 Å². The second kappa shape index (κ2) is 3.98. The van der Waals surface area contributed by atoms with Crippen LogP contribution in [-0.2, 0) is 0 Å². The second-order valence-electron chi connectivity index (χ2n) is 9.10. The van der Waals surface area contributed by atoms with Gasteiger partial charge in [-0.3, -0.25) is 0 Å². The minimum atomic E-state index is 0.514. The third-order valence-electron chi connectivity index (χ3n) is 5.88. The molecular weight excluding hydrogens is 218 g/mol. The van der Waals surface area contributed by atoms with Gasteiger partial charge >= 0.3 is 0 Å². The van der Waals surface area contributed by atoms with Crippen molar-refractivity contribution in [2.75, 3.05) is 13.1 Å². The SMILES string of the molecule is CCNCC1C(C)(C)C12CC(C)(C)CC(C)(C)C2. The van der Waals surface area contributed by atoms with E-state index in [-0.39, 0.29) is 0 Å². The van der Waals surface area contributed by atoms with Crippen molar-refractivity contribution in [1.82, 2.24) is 5.32 Å². The van der Waals surface area contributed by atoms with Crippen LogP contribution in [-0.4, -0.2) is 13.1 Å². The standard InChI is InChI=1S/C17H33N/c1-8-18-9-13-16(6,7)17(13)11-14(2,3)10-15(4,5)12-17/h13,18H,8-12H2,1-7H3. The maximum atomic E-state index is 3.59.